The molecule has 1 aromatic rings. The first-order valence-corrected chi connectivity index (χ1v) is 6.82. The molecule has 0 bridgehead atoms. The Balaban J connectivity index is 2.19. The Morgan fingerprint density at radius 3 is 2.71 bits per heavy atom. The zero-order valence-electron chi connectivity index (χ0n) is 12.6. The molecule has 0 aromatic carbocycles. The lowest BCUT2D eigenvalue weighted by atomic mass is 9.97. The minimum Gasteiger partial charge on any atom is -0.458 e. The van der Waals surface area contributed by atoms with Gasteiger partial charge in [-0.3, -0.25) is 19.6 Å². The van der Waals surface area contributed by atoms with Crippen molar-refractivity contribution in [3.63, 3.8) is 0 Å². The standard InChI is InChI=1S/C13H20N4O4/c1-8-9(17(19)20)6-15-16(8)10-5-14-7-11(10)21-12(18)13(2,3)4/h6,10-11,14H,5,7H2,1-4H3. The van der Waals surface area contributed by atoms with Crippen LogP contribution in [0.2, 0.25) is 0 Å². The Morgan fingerprint density at radius 2 is 2.19 bits per heavy atom. The van der Waals surface area contributed by atoms with Crippen molar-refractivity contribution in [2.75, 3.05) is 13.1 Å². The fourth-order valence-corrected chi connectivity index (χ4v) is 2.25. The Bertz CT molecular complexity index is 561. The molecule has 0 radical (unpaired) electrons. The predicted molar refractivity (Wildman–Crippen MR) is 74.9 cm³/mol. The van der Waals surface area contributed by atoms with Crippen LogP contribution in [0.4, 0.5) is 5.69 Å². The van der Waals surface area contributed by atoms with Gasteiger partial charge in [0.05, 0.1) is 10.3 Å². The van der Waals surface area contributed by atoms with Crippen LogP contribution in [0.5, 0.6) is 0 Å². The number of hydrogen-bond donors (Lipinski definition) is 1. The van der Waals surface area contributed by atoms with Gasteiger partial charge in [0.15, 0.2) is 0 Å². The van der Waals surface area contributed by atoms with E-state index in [9.17, 15) is 14.9 Å². The normalized spacial score (nSPS) is 22.3. The molecule has 1 N–H and O–H groups in total. The summed E-state index contributed by atoms with van der Waals surface area (Å²) in [4.78, 5) is 22.4. The number of nitrogens with zero attached hydrogens (tertiary/aromatic N) is 3. The first-order chi connectivity index (χ1) is 9.71. The maximum Gasteiger partial charge on any atom is 0.311 e. The smallest absolute Gasteiger partial charge is 0.311 e. The van der Waals surface area contributed by atoms with Crippen LogP contribution < -0.4 is 5.32 Å². The molecule has 21 heavy (non-hydrogen) atoms. The number of carbonyl (C=O) groups excluding carboxylic acids is 1. The lowest BCUT2D eigenvalue weighted by Gasteiger charge is -2.24. The monoisotopic (exact) mass is 296 g/mol. The number of hydrogen-bond acceptors (Lipinski definition) is 6. The number of nitrogens with one attached hydrogen (secondary N) is 1. The number of esters is 1. The summed E-state index contributed by atoms with van der Waals surface area (Å²) < 4.78 is 7.10. The molecule has 116 valence electrons. The van der Waals surface area contributed by atoms with Gasteiger partial charge in [-0.15, -0.1) is 0 Å². The molecule has 8 nitrogen and oxygen atoms in total. The van der Waals surface area contributed by atoms with Gasteiger partial charge in [0.1, 0.15) is 24.0 Å². The number of nitro groups is 1. The number of rotatable bonds is 3. The van der Waals surface area contributed by atoms with E-state index in [4.69, 9.17) is 4.74 Å². The maximum absolute atomic E-state index is 12.0. The molecule has 0 spiro atoms. The van der Waals surface area contributed by atoms with Crippen molar-refractivity contribution >= 4 is 11.7 Å². The summed E-state index contributed by atoms with van der Waals surface area (Å²) in [5.74, 6) is -0.291. The molecule has 0 amide bonds. The largest absolute Gasteiger partial charge is 0.458 e. The van der Waals surface area contributed by atoms with Crippen LogP contribution in [-0.4, -0.2) is 39.9 Å². The van der Waals surface area contributed by atoms with Crippen LogP contribution in [0.25, 0.3) is 0 Å². The molecule has 1 aliphatic heterocycles. The van der Waals surface area contributed by atoms with Crippen molar-refractivity contribution in [2.45, 2.75) is 39.8 Å². The Morgan fingerprint density at radius 1 is 1.52 bits per heavy atom. The molecule has 8 heteroatoms. The van der Waals surface area contributed by atoms with Gasteiger partial charge >= 0.3 is 11.7 Å². The van der Waals surface area contributed by atoms with Gasteiger partial charge in [0.25, 0.3) is 0 Å². The van der Waals surface area contributed by atoms with Crippen LogP contribution >= 0.6 is 0 Å². The minimum atomic E-state index is -0.585. The van der Waals surface area contributed by atoms with Crippen LogP contribution in [-0.2, 0) is 9.53 Å². The summed E-state index contributed by atoms with van der Waals surface area (Å²) in [7, 11) is 0. The van der Waals surface area contributed by atoms with E-state index in [1.165, 1.54) is 6.20 Å². The minimum absolute atomic E-state index is 0.0252. The van der Waals surface area contributed by atoms with E-state index in [1.807, 2.05) is 0 Å². The summed E-state index contributed by atoms with van der Waals surface area (Å²) >= 11 is 0. The highest BCUT2D eigenvalue weighted by Gasteiger charge is 2.37. The molecule has 2 rings (SSSR count). The van der Waals surface area contributed by atoms with Crippen LogP contribution in [0.1, 0.15) is 32.5 Å². The average Bonchev–Trinajstić information content (AvgIpc) is 2.94. The summed E-state index contributed by atoms with van der Waals surface area (Å²) in [5.41, 5.74) is -0.147. The molecule has 2 heterocycles. The lowest BCUT2D eigenvalue weighted by molar-refractivity contribution is -0.385. The SMILES string of the molecule is Cc1c([N+](=O)[O-])cnn1C1CNCC1OC(=O)C(C)(C)C. The van der Waals surface area contributed by atoms with E-state index in [2.05, 4.69) is 10.4 Å². The van der Waals surface area contributed by atoms with Gasteiger partial charge < -0.3 is 10.1 Å². The van der Waals surface area contributed by atoms with Crippen molar-refractivity contribution in [2.24, 2.45) is 5.41 Å². The number of ether oxygens (including phenoxy) is 1. The van der Waals surface area contributed by atoms with Gasteiger partial charge in [-0.05, 0) is 27.7 Å². The van der Waals surface area contributed by atoms with Gasteiger partial charge in [-0.1, -0.05) is 0 Å². The molecule has 2 atom stereocenters. The number of carbonyl (C=O) groups is 1. The van der Waals surface area contributed by atoms with Gasteiger partial charge in [0, 0.05) is 13.1 Å². The zero-order valence-corrected chi connectivity index (χ0v) is 12.6. The molecular weight excluding hydrogens is 276 g/mol. The third kappa shape index (κ3) is 3.05. The van der Waals surface area contributed by atoms with Gasteiger partial charge in [0.2, 0.25) is 0 Å². The lowest BCUT2D eigenvalue weighted by Crippen LogP contribution is -2.34. The molecule has 1 aliphatic rings. The highest BCUT2D eigenvalue weighted by molar-refractivity contribution is 5.75. The molecular formula is C13H20N4O4. The average molecular weight is 296 g/mol. The third-order valence-electron chi connectivity index (χ3n) is 3.53. The molecule has 0 aliphatic carbocycles. The second kappa shape index (κ2) is 5.44. The van der Waals surface area contributed by atoms with E-state index in [1.54, 1.807) is 32.4 Å². The Kier molecular flexibility index (Phi) is 3.99. The predicted octanol–water partition coefficient (Wildman–Crippen LogP) is 1.20. The highest BCUT2D eigenvalue weighted by Crippen LogP contribution is 2.27. The fraction of sp³-hybridized carbons (Fsp3) is 0.692. The topological polar surface area (TPSA) is 99.3 Å². The first-order valence-electron chi connectivity index (χ1n) is 6.82. The van der Waals surface area contributed by atoms with E-state index in [0.717, 1.165) is 0 Å². The summed E-state index contributed by atoms with van der Waals surface area (Å²) in [6.07, 6.45) is 0.853. The van der Waals surface area contributed by atoms with Crippen LogP contribution in [0.3, 0.4) is 0 Å². The molecule has 1 fully saturated rings. The molecule has 1 saturated heterocycles. The summed E-state index contributed by atoms with van der Waals surface area (Å²) in [6, 6.07) is -0.231. The van der Waals surface area contributed by atoms with Crippen molar-refractivity contribution in [1.29, 1.82) is 0 Å². The quantitative estimate of drug-likeness (QED) is 0.511. The summed E-state index contributed by atoms with van der Waals surface area (Å²) in [6.45, 7) is 8.08. The van der Waals surface area contributed by atoms with Crippen molar-refractivity contribution in [1.82, 2.24) is 15.1 Å². The third-order valence-corrected chi connectivity index (χ3v) is 3.53. The molecule has 2 unspecified atom stereocenters. The zero-order chi connectivity index (χ0) is 15.8. The van der Waals surface area contributed by atoms with Crippen molar-refractivity contribution in [3.05, 3.63) is 22.0 Å². The second-order valence-electron chi connectivity index (χ2n) is 6.24. The van der Waals surface area contributed by atoms with E-state index in [0.29, 0.717) is 18.8 Å². The second-order valence-corrected chi connectivity index (χ2v) is 6.24. The Hall–Kier alpha value is -1.96. The number of aromatic nitrogens is 2. The van der Waals surface area contributed by atoms with Gasteiger partial charge in [-0.25, -0.2) is 0 Å². The van der Waals surface area contributed by atoms with Crippen LogP contribution in [0.15, 0.2) is 6.20 Å². The van der Waals surface area contributed by atoms with E-state index in [-0.39, 0.29) is 23.8 Å². The highest BCUT2D eigenvalue weighted by atomic mass is 16.6. The summed E-state index contributed by atoms with van der Waals surface area (Å²) in [5, 5.41) is 18.1. The Labute approximate surface area is 122 Å². The van der Waals surface area contributed by atoms with E-state index >= 15 is 0 Å². The van der Waals surface area contributed by atoms with E-state index < -0.39 is 10.3 Å². The van der Waals surface area contributed by atoms with Gasteiger partial charge in [-0.2, -0.15) is 5.10 Å². The molecule has 1 aromatic heterocycles. The maximum atomic E-state index is 12.0. The molecule has 0 saturated carbocycles. The first kappa shape index (κ1) is 15.4. The fourth-order valence-electron chi connectivity index (χ4n) is 2.25. The van der Waals surface area contributed by atoms with Crippen LogP contribution in [0, 0.1) is 22.5 Å². The van der Waals surface area contributed by atoms with Crippen molar-refractivity contribution < 1.29 is 14.5 Å². The van der Waals surface area contributed by atoms with Crippen molar-refractivity contribution in [3.8, 4) is 0 Å².